The maximum absolute atomic E-state index is 11.7. The summed E-state index contributed by atoms with van der Waals surface area (Å²) < 4.78 is 7.49. The van der Waals surface area contributed by atoms with Gasteiger partial charge in [-0.1, -0.05) is 11.6 Å². The van der Waals surface area contributed by atoms with E-state index in [1.54, 1.807) is 35.1 Å². The molecule has 0 unspecified atom stereocenters. The number of hydrazine groups is 1. The number of anilines is 2. The summed E-state index contributed by atoms with van der Waals surface area (Å²) in [5.41, 5.74) is 5.37. The molecule has 4 rings (SSSR count). The van der Waals surface area contributed by atoms with E-state index in [4.69, 9.17) is 21.6 Å². The van der Waals surface area contributed by atoms with Gasteiger partial charge < -0.3 is 4.74 Å². The van der Waals surface area contributed by atoms with E-state index in [0.717, 1.165) is 10.9 Å². The highest BCUT2D eigenvalue weighted by molar-refractivity contribution is 6.33. The molecule has 8 nitrogen and oxygen atoms in total. The molecule has 30 heavy (non-hydrogen) atoms. The van der Waals surface area contributed by atoms with Crippen LogP contribution in [0.2, 0.25) is 5.02 Å². The number of fused-ring (bicyclic) bond motifs is 1. The third kappa shape index (κ3) is 3.87. The average Bonchev–Trinajstić information content (AvgIpc) is 3.13. The zero-order chi connectivity index (χ0) is 21.1. The van der Waals surface area contributed by atoms with Crippen molar-refractivity contribution in [1.82, 2.24) is 14.8 Å². The van der Waals surface area contributed by atoms with Crippen LogP contribution >= 0.6 is 11.6 Å². The van der Waals surface area contributed by atoms with Crippen LogP contribution in [0.1, 0.15) is 5.69 Å². The van der Waals surface area contributed by atoms with Crippen molar-refractivity contribution < 1.29 is 9.53 Å². The molecule has 4 aromatic rings. The molecule has 0 fully saturated rings. The van der Waals surface area contributed by atoms with Crippen molar-refractivity contribution in [2.24, 2.45) is 7.05 Å². The second-order valence-corrected chi connectivity index (χ2v) is 6.74. The van der Waals surface area contributed by atoms with Gasteiger partial charge in [-0.15, -0.1) is 0 Å². The third-order valence-electron chi connectivity index (χ3n) is 4.38. The molecule has 148 valence electrons. The van der Waals surface area contributed by atoms with Crippen molar-refractivity contribution in [2.75, 3.05) is 10.4 Å². The Balaban J connectivity index is 1.54. The number of benzene rings is 2. The number of aryl methyl sites for hydroxylation is 1. The molecule has 0 saturated heterocycles. The Kier molecular flexibility index (Phi) is 5.20. The lowest BCUT2D eigenvalue weighted by Crippen LogP contribution is -2.28. The van der Waals surface area contributed by atoms with Gasteiger partial charge in [0.05, 0.1) is 28.1 Å². The molecule has 0 aliphatic rings. The molecule has 2 aromatic carbocycles. The molecule has 9 heteroatoms. The van der Waals surface area contributed by atoms with Gasteiger partial charge >= 0.3 is 0 Å². The molecule has 0 aliphatic heterocycles. The minimum absolute atomic E-state index is 0.254. The summed E-state index contributed by atoms with van der Waals surface area (Å²) in [4.78, 5) is 15.6. The van der Waals surface area contributed by atoms with Gasteiger partial charge in [0.2, 0.25) is 6.41 Å². The number of pyridine rings is 1. The highest BCUT2D eigenvalue weighted by Crippen LogP contribution is 2.31. The maximum atomic E-state index is 11.7. The van der Waals surface area contributed by atoms with Crippen molar-refractivity contribution in [1.29, 1.82) is 5.26 Å². The minimum Gasteiger partial charge on any atom is -0.457 e. The second kappa shape index (κ2) is 8.11. The fourth-order valence-electron chi connectivity index (χ4n) is 2.90. The Hall–Kier alpha value is -4.09. The summed E-state index contributed by atoms with van der Waals surface area (Å²) in [6.45, 7) is 0. The maximum Gasteiger partial charge on any atom is 0.232 e. The molecule has 0 atom stereocenters. The molecule has 2 aromatic heterocycles. The summed E-state index contributed by atoms with van der Waals surface area (Å²) in [6, 6.07) is 15.7. The van der Waals surface area contributed by atoms with Crippen molar-refractivity contribution in [3.63, 3.8) is 0 Å². The lowest BCUT2D eigenvalue weighted by Gasteiger charge is -2.21. The van der Waals surface area contributed by atoms with Crippen LogP contribution in [0.5, 0.6) is 11.5 Å². The number of amides is 1. The van der Waals surface area contributed by atoms with Gasteiger partial charge in [0, 0.05) is 30.8 Å². The van der Waals surface area contributed by atoms with E-state index in [0.29, 0.717) is 34.3 Å². The SMILES string of the molecule is Cn1ncc2cc(N(C=O)Nc3ccc(Oc4ccnc(C#N)c4)cc3Cl)ccc21. The number of nitriles is 1. The van der Waals surface area contributed by atoms with Gasteiger partial charge in [-0.2, -0.15) is 10.4 Å². The summed E-state index contributed by atoms with van der Waals surface area (Å²) >= 11 is 6.38. The fourth-order valence-corrected chi connectivity index (χ4v) is 3.12. The van der Waals surface area contributed by atoms with Gasteiger partial charge in [0.1, 0.15) is 23.3 Å². The molecule has 0 saturated carbocycles. The molecular weight excluding hydrogens is 404 g/mol. The topological polar surface area (TPSA) is 96.1 Å². The standard InChI is InChI=1S/C21H15ClN6O2/c1-27-21-5-2-16(8-14(21)12-25-27)28(13-29)26-20-4-3-17(10-19(20)22)30-18-6-7-24-15(9-18)11-23/h2-10,12-13,26H,1H3. The molecule has 0 spiro atoms. The van der Waals surface area contributed by atoms with E-state index < -0.39 is 0 Å². The first-order valence-corrected chi connectivity index (χ1v) is 9.21. The van der Waals surface area contributed by atoms with Gasteiger partial charge in [-0.05, 0) is 36.4 Å². The van der Waals surface area contributed by atoms with E-state index in [2.05, 4.69) is 15.5 Å². The largest absolute Gasteiger partial charge is 0.457 e. The highest BCUT2D eigenvalue weighted by Gasteiger charge is 2.11. The van der Waals surface area contributed by atoms with E-state index in [1.807, 2.05) is 31.3 Å². The molecule has 0 radical (unpaired) electrons. The number of ether oxygens (including phenoxy) is 1. The van der Waals surface area contributed by atoms with Gasteiger partial charge in [0.25, 0.3) is 0 Å². The number of carbonyl (C=O) groups excluding carboxylic acids is 1. The number of nitrogens with zero attached hydrogens (tertiary/aromatic N) is 5. The van der Waals surface area contributed by atoms with Gasteiger partial charge in [-0.25, -0.2) is 9.99 Å². The molecule has 0 aliphatic carbocycles. The Morgan fingerprint density at radius 3 is 2.80 bits per heavy atom. The van der Waals surface area contributed by atoms with Crippen LogP contribution in [-0.2, 0) is 11.8 Å². The molecule has 1 N–H and O–H groups in total. The summed E-state index contributed by atoms with van der Waals surface area (Å²) in [7, 11) is 1.86. The first kappa shape index (κ1) is 19.2. The number of rotatable bonds is 6. The van der Waals surface area contributed by atoms with Crippen molar-refractivity contribution >= 4 is 40.3 Å². The second-order valence-electron chi connectivity index (χ2n) is 6.33. The van der Waals surface area contributed by atoms with Crippen LogP contribution in [0.15, 0.2) is 60.9 Å². The highest BCUT2D eigenvalue weighted by atomic mass is 35.5. The van der Waals surface area contributed by atoms with Crippen molar-refractivity contribution in [2.45, 2.75) is 0 Å². The monoisotopic (exact) mass is 418 g/mol. The van der Waals surface area contributed by atoms with Crippen LogP contribution < -0.4 is 15.2 Å². The Labute approximate surface area is 176 Å². The summed E-state index contributed by atoms with van der Waals surface area (Å²) in [5.74, 6) is 0.952. The van der Waals surface area contributed by atoms with E-state index in [9.17, 15) is 4.79 Å². The number of hydrogen-bond donors (Lipinski definition) is 1. The molecule has 1 amide bonds. The van der Waals surface area contributed by atoms with Crippen LogP contribution in [0, 0.1) is 11.3 Å². The quantitative estimate of drug-likeness (QED) is 0.371. The third-order valence-corrected chi connectivity index (χ3v) is 4.69. The predicted molar refractivity (Wildman–Crippen MR) is 113 cm³/mol. The van der Waals surface area contributed by atoms with E-state index in [-0.39, 0.29) is 5.69 Å². The number of nitrogens with one attached hydrogen (secondary N) is 1. The lowest BCUT2D eigenvalue weighted by molar-refractivity contribution is -0.107. The van der Waals surface area contributed by atoms with Crippen LogP contribution in [0.25, 0.3) is 10.9 Å². The molecule has 2 heterocycles. The van der Waals surface area contributed by atoms with Gasteiger partial charge in [-0.3, -0.25) is 14.9 Å². The molecule has 0 bridgehead atoms. The van der Waals surface area contributed by atoms with Crippen molar-refractivity contribution in [3.8, 4) is 17.6 Å². The zero-order valence-corrected chi connectivity index (χ0v) is 16.5. The van der Waals surface area contributed by atoms with Gasteiger partial charge in [0.15, 0.2) is 0 Å². The zero-order valence-electron chi connectivity index (χ0n) is 15.8. The lowest BCUT2D eigenvalue weighted by atomic mass is 10.2. The Morgan fingerprint density at radius 2 is 2.03 bits per heavy atom. The minimum atomic E-state index is 0.254. The smallest absolute Gasteiger partial charge is 0.232 e. The Morgan fingerprint density at radius 1 is 1.20 bits per heavy atom. The average molecular weight is 419 g/mol. The number of carbonyl (C=O) groups is 1. The molecular formula is C21H15ClN6O2. The van der Waals surface area contributed by atoms with E-state index >= 15 is 0 Å². The summed E-state index contributed by atoms with van der Waals surface area (Å²) in [6.07, 6.45) is 3.89. The Bertz CT molecular complexity index is 1280. The normalized spacial score (nSPS) is 10.4. The first-order valence-electron chi connectivity index (χ1n) is 8.84. The number of hydrogen-bond acceptors (Lipinski definition) is 6. The number of halogens is 1. The van der Waals surface area contributed by atoms with Crippen LogP contribution in [0.4, 0.5) is 11.4 Å². The van der Waals surface area contributed by atoms with Crippen LogP contribution in [0.3, 0.4) is 0 Å². The van der Waals surface area contributed by atoms with Crippen LogP contribution in [-0.4, -0.2) is 21.2 Å². The first-order chi connectivity index (χ1) is 14.6. The fraction of sp³-hybridized carbons (Fsp3) is 0.0476. The number of aromatic nitrogens is 3. The summed E-state index contributed by atoms with van der Waals surface area (Å²) in [5, 5.41) is 15.7. The van der Waals surface area contributed by atoms with E-state index in [1.165, 1.54) is 17.3 Å². The van der Waals surface area contributed by atoms with Crippen molar-refractivity contribution in [3.05, 3.63) is 71.6 Å². The predicted octanol–water partition coefficient (Wildman–Crippen LogP) is 4.28.